The van der Waals surface area contributed by atoms with E-state index in [4.69, 9.17) is 4.28 Å². The molecule has 0 fully saturated rings. The second-order valence-corrected chi connectivity index (χ2v) is 3.08. The van der Waals surface area contributed by atoms with Crippen molar-refractivity contribution in [3.8, 4) is 0 Å². The molecule has 0 bridgehead atoms. The van der Waals surface area contributed by atoms with Crippen molar-refractivity contribution in [1.29, 1.82) is 0 Å². The Labute approximate surface area is 75.3 Å². The first kappa shape index (κ1) is 9.51. The van der Waals surface area contributed by atoms with Crippen LogP contribution in [-0.4, -0.2) is 7.05 Å². The van der Waals surface area contributed by atoms with Crippen molar-refractivity contribution in [2.24, 2.45) is 0 Å². The molecule has 0 spiro atoms. The summed E-state index contributed by atoms with van der Waals surface area (Å²) in [5.41, 5.74) is 3.36. The van der Waals surface area contributed by atoms with Gasteiger partial charge in [-0.1, -0.05) is 6.07 Å². The van der Waals surface area contributed by atoms with Gasteiger partial charge in [0, 0.05) is 7.05 Å². The van der Waals surface area contributed by atoms with Gasteiger partial charge in [-0.15, -0.1) is 0 Å². The highest BCUT2D eigenvalue weighted by molar-refractivity contribution is 7.94. The average molecular weight is 187 g/mol. The number of halogens is 1. The van der Waals surface area contributed by atoms with E-state index in [1.165, 1.54) is 6.07 Å². The summed E-state index contributed by atoms with van der Waals surface area (Å²) in [5.74, 6) is -0.254. The predicted molar refractivity (Wildman–Crippen MR) is 47.1 cm³/mol. The third kappa shape index (κ3) is 2.48. The van der Waals surface area contributed by atoms with Crippen LogP contribution in [0.4, 0.5) is 4.39 Å². The van der Waals surface area contributed by atoms with Gasteiger partial charge in [0.25, 0.3) is 0 Å². The molecule has 0 atom stereocenters. The van der Waals surface area contributed by atoms with E-state index in [1.807, 2.05) is 13.0 Å². The van der Waals surface area contributed by atoms with E-state index in [9.17, 15) is 4.39 Å². The lowest BCUT2D eigenvalue weighted by Crippen LogP contribution is -2.00. The normalized spacial score (nSPS) is 10.2. The Morgan fingerprint density at radius 3 is 2.83 bits per heavy atom. The maximum atomic E-state index is 13.0. The lowest BCUT2D eigenvalue weighted by Gasteiger charge is -2.01. The van der Waals surface area contributed by atoms with Crippen LogP contribution in [0.5, 0.6) is 0 Å². The Morgan fingerprint density at radius 2 is 2.25 bits per heavy atom. The molecule has 0 saturated heterocycles. The molecule has 0 amide bonds. The van der Waals surface area contributed by atoms with Crippen LogP contribution in [0, 0.1) is 12.7 Å². The molecule has 1 aromatic rings. The minimum absolute atomic E-state index is 0.254. The maximum Gasteiger partial charge on any atom is 0.139 e. The quantitative estimate of drug-likeness (QED) is 0.579. The molecular formula is C8H10FNOS. The average Bonchev–Trinajstić information content (AvgIpc) is 2.03. The molecule has 2 nitrogen and oxygen atoms in total. The zero-order valence-electron chi connectivity index (χ0n) is 6.93. The van der Waals surface area contributed by atoms with Gasteiger partial charge in [-0.25, -0.2) is 8.67 Å². The Morgan fingerprint density at radius 1 is 1.50 bits per heavy atom. The van der Waals surface area contributed by atoms with Gasteiger partial charge in [0.1, 0.15) is 5.82 Å². The summed E-state index contributed by atoms with van der Waals surface area (Å²) >= 11 is 0.970. The van der Waals surface area contributed by atoms with Crippen LogP contribution in [0.1, 0.15) is 5.56 Å². The number of hydrogen-bond donors (Lipinski definition) is 1. The van der Waals surface area contributed by atoms with E-state index in [0.717, 1.165) is 17.6 Å². The second-order valence-electron chi connectivity index (χ2n) is 2.30. The monoisotopic (exact) mass is 187 g/mol. The van der Waals surface area contributed by atoms with Gasteiger partial charge in [-0.2, -0.15) is 5.48 Å². The predicted octanol–water partition coefficient (Wildman–Crippen LogP) is 2.29. The van der Waals surface area contributed by atoms with Crippen LogP contribution in [0.3, 0.4) is 0 Å². The molecule has 66 valence electrons. The highest BCUT2D eigenvalue weighted by Crippen LogP contribution is 2.21. The minimum atomic E-state index is -0.254. The molecule has 0 saturated carbocycles. The van der Waals surface area contributed by atoms with Crippen molar-refractivity contribution >= 4 is 12.0 Å². The topological polar surface area (TPSA) is 21.3 Å². The molecule has 0 unspecified atom stereocenters. The fraction of sp³-hybridized carbons (Fsp3) is 0.250. The first-order valence-electron chi connectivity index (χ1n) is 3.50. The Hall–Kier alpha value is -0.580. The summed E-state index contributed by atoms with van der Waals surface area (Å²) in [4.78, 5) is 0.481. The van der Waals surface area contributed by atoms with Gasteiger partial charge < -0.3 is 0 Å². The van der Waals surface area contributed by atoms with Crippen LogP contribution in [-0.2, 0) is 4.28 Å². The molecule has 0 heterocycles. The van der Waals surface area contributed by atoms with E-state index < -0.39 is 0 Å². The largest absolute Gasteiger partial charge is 0.226 e. The van der Waals surface area contributed by atoms with E-state index in [2.05, 4.69) is 5.48 Å². The molecular weight excluding hydrogens is 177 g/mol. The van der Waals surface area contributed by atoms with Gasteiger partial charge in [-0.05, 0) is 24.6 Å². The van der Waals surface area contributed by atoms with Gasteiger partial charge in [0.15, 0.2) is 0 Å². The molecule has 0 aliphatic heterocycles. The Balaban J connectivity index is 2.72. The summed E-state index contributed by atoms with van der Waals surface area (Å²) in [6, 6.07) is 5.00. The second kappa shape index (κ2) is 4.45. The molecule has 12 heavy (non-hydrogen) atoms. The molecule has 1 rings (SSSR count). The number of benzene rings is 1. The fourth-order valence-electron chi connectivity index (χ4n) is 0.760. The van der Waals surface area contributed by atoms with Gasteiger partial charge >= 0.3 is 0 Å². The third-order valence-corrected chi connectivity index (χ3v) is 2.06. The lowest BCUT2D eigenvalue weighted by molar-refractivity contribution is 0.271. The zero-order chi connectivity index (χ0) is 8.97. The summed E-state index contributed by atoms with van der Waals surface area (Å²) in [6.45, 7) is 1.84. The van der Waals surface area contributed by atoms with Crippen LogP contribution in [0.2, 0.25) is 0 Å². The van der Waals surface area contributed by atoms with Gasteiger partial charge in [0.05, 0.1) is 16.9 Å². The van der Waals surface area contributed by atoms with Crippen molar-refractivity contribution in [1.82, 2.24) is 5.48 Å². The van der Waals surface area contributed by atoms with Crippen LogP contribution >= 0.6 is 12.0 Å². The summed E-state index contributed by atoms with van der Waals surface area (Å²) < 4.78 is 17.8. The summed E-state index contributed by atoms with van der Waals surface area (Å²) in [7, 11) is 1.62. The Bertz CT molecular complexity index is 267. The number of rotatable bonds is 3. The van der Waals surface area contributed by atoms with Crippen molar-refractivity contribution in [2.75, 3.05) is 7.05 Å². The van der Waals surface area contributed by atoms with Crippen molar-refractivity contribution in [3.05, 3.63) is 29.6 Å². The molecule has 1 N–H and O–H groups in total. The van der Waals surface area contributed by atoms with E-state index >= 15 is 0 Å². The highest BCUT2D eigenvalue weighted by Gasteiger charge is 2.02. The van der Waals surface area contributed by atoms with Crippen LogP contribution < -0.4 is 5.48 Å². The lowest BCUT2D eigenvalue weighted by atomic mass is 10.2. The standard InChI is InChI=1S/C8H10FNOS/c1-6-3-4-8(7(9)5-6)12-11-10-2/h3-5,10H,1-2H3. The van der Waals surface area contributed by atoms with Gasteiger partial charge in [0.2, 0.25) is 0 Å². The molecule has 0 radical (unpaired) electrons. The Kier molecular flexibility index (Phi) is 3.52. The smallest absolute Gasteiger partial charge is 0.139 e. The first-order chi connectivity index (χ1) is 5.74. The van der Waals surface area contributed by atoms with E-state index in [1.54, 1.807) is 13.1 Å². The zero-order valence-corrected chi connectivity index (χ0v) is 7.74. The number of aryl methyl sites for hydroxylation is 1. The third-order valence-electron chi connectivity index (χ3n) is 1.30. The fourth-order valence-corrected chi connectivity index (χ4v) is 1.20. The van der Waals surface area contributed by atoms with Crippen LogP contribution in [0.25, 0.3) is 0 Å². The number of hydrogen-bond acceptors (Lipinski definition) is 3. The van der Waals surface area contributed by atoms with Crippen molar-refractivity contribution in [2.45, 2.75) is 11.8 Å². The summed E-state index contributed by atoms with van der Waals surface area (Å²) in [6.07, 6.45) is 0. The molecule has 0 aromatic heterocycles. The van der Waals surface area contributed by atoms with Gasteiger partial charge in [-0.3, -0.25) is 0 Å². The number of nitrogens with one attached hydrogen (secondary N) is 1. The van der Waals surface area contributed by atoms with E-state index in [-0.39, 0.29) is 5.82 Å². The highest BCUT2D eigenvalue weighted by atomic mass is 32.2. The van der Waals surface area contributed by atoms with Crippen molar-refractivity contribution < 1.29 is 8.67 Å². The molecule has 1 aromatic carbocycles. The molecule has 4 heteroatoms. The SMILES string of the molecule is CNOSc1ccc(C)cc1F. The number of hydroxylamine groups is 1. The molecule has 0 aliphatic carbocycles. The van der Waals surface area contributed by atoms with E-state index in [0.29, 0.717) is 4.90 Å². The van der Waals surface area contributed by atoms with Crippen molar-refractivity contribution in [3.63, 3.8) is 0 Å². The molecule has 0 aliphatic rings. The first-order valence-corrected chi connectivity index (χ1v) is 4.24. The summed E-state index contributed by atoms with van der Waals surface area (Å²) in [5, 5.41) is 0. The van der Waals surface area contributed by atoms with Crippen LogP contribution in [0.15, 0.2) is 23.1 Å². The minimum Gasteiger partial charge on any atom is -0.226 e. The maximum absolute atomic E-state index is 13.0.